The lowest BCUT2D eigenvalue weighted by Gasteiger charge is -2.09. The Hall–Kier alpha value is -1.38. The highest BCUT2D eigenvalue weighted by Crippen LogP contribution is 2.27. The van der Waals surface area contributed by atoms with Gasteiger partial charge in [-0.2, -0.15) is 0 Å². The lowest BCUT2D eigenvalue weighted by Crippen LogP contribution is -2.13. The Labute approximate surface area is 138 Å². The molecule has 0 spiro atoms. The van der Waals surface area contributed by atoms with Gasteiger partial charge in [-0.3, -0.25) is 4.72 Å². The van der Waals surface area contributed by atoms with E-state index >= 15 is 0 Å². The molecular weight excluding hydrogens is 426 g/mol. The van der Waals surface area contributed by atoms with E-state index in [2.05, 4.69) is 36.6 Å². The number of sulfonamides is 1. The summed E-state index contributed by atoms with van der Waals surface area (Å²) in [5, 5.41) is 8.80. The number of aromatic carboxylic acids is 1. The highest BCUT2D eigenvalue weighted by molar-refractivity contribution is 9.13. The molecule has 0 saturated carbocycles. The SMILES string of the molecule is O=C(O)c1ccc(S(=O)(=O)Nc2ccc(Br)c(Br)c2)cc1. The minimum Gasteiger partial charge on any atom is -0.478 e. The number of nitrogens with one attached hydrogen (secondary N) is 1. The van der Waals surface area contributed by atoms with Crippen molar-refractivity contribution in [2.45, 2.75) is 4.90 Å². The Bertz CT molecular complexity index is 788. The second-order valence-electron chi connectivity index (χ2n) is 4.06. The molecular formula is C13H9Br2NO4S. The Morgan fingerprint density at radius 3 is 2.14 bits per heavy atom. The molecule has 2 aromatic rings. The number of benzene rings is 2. The molecule has 0 amide bonds. The molecule has 0 radical (unpaired) electrons. The van der Waals surface area contributed by atoms with Crippen molar-refractivity contribution in [3.05, 3.63) is 57.0 Å². The fraction of sp³-hybridized carbons (Fsp3) is 0. The third-order valence-electron chi connectivity index (χ3n) is 2.58. The van der Waals surface area contributed by atoms with Gasteiger partial charge in [-0.05, 0) is 74.3 Å². The van der Waals surface area contributed by atoms with E-state index in [9.17, 15) is 13.2 Å². The molecule has 0 heterocycles. The van der Waals surface area contributed by atoms with E-state index in [0.717, 1.165) is 4.47 Å². The van der Waals surface area contributed by atoms with E-state index in [1.807, 2.05) is 0 Å². The Morgan fingerprint density at radius 1 is 1.00 bits per heavy atom. The number of rotatable bonds is 4. The van der Waals surface area contributed by atoms with E-state index in [1.54, 1.807) is 18.2 Å². The summed E-state index contributed by atoms with van der Waals surface area (Å²) in [6.45, 7) is 0. The van der Waals surface area contributed by atoms with Crippen molar-refractivity contribution in [1.29, 1.82) is 0 Å². The van der Waals surface area contributed by atoms with Crippen LogP contribution in [0.25, 0.3) is 0 Å². The van der Waals surface area contributed by atoms with Crippen LogP contribution in [0, 0.1) is 0 Å². The van der Waals surface area contributed by atoms with E-state index in [-0.39, 0.29) is 10.5 Å². The predicted molar refractivity (Wildman–Crippen MR) is 86.1 cm³/mol. The van der Waals surface area contributed by atoms with Crippen molar-refractivity contribution < 1.29 is 18.3 Å². The number of anilines is 1. The van der Waals surface area contributed by atoms with E-state index in [0.29, 0.717) is 10.2 Å². The number of carbonyl (C=O) groups is 1. The summed E-state index contributed by atoms with van der Waals surface area (Å²) >= 11 is 6.58. The van der Waals surface area contributed by atoms with Crippen LogP contribution in [0.5, 0.6) is 0 Å². The monoisotopic (exact) mass is 433 g/mol. The van der Waals surface area contributed by atoms with Gasteiger partial charge < -0.3 is 5.11 Å². The second kappa shape index (κ2) is 6.17. The number of halogens is 2. The molecule has 110 valence electrons. The van der Waals surface area contributed by atoms with Crippen LogP contribution in [0.4, 0.5) is 5.69 Å². The Morgan fingerprint density at radius 2 is 1.62 bits per heavy atom. The minimum absolute atomic E-state index is 0.00783. The molecule has 2 aromatic carbocycles. The molecule has 5 nitrogen and oxygen atoms in total. The summed E-state index contributed by atoms with van der Waals surface area (Å²) in [5.74, 6) is -1.11. The van der Waals surface area contributed by atoms with Gasteiger partial charge in [0.15, 0.2) is 0 Å². The summed E-state index contributed by atoms with van der Waals surface area (Å²) in [7, 11) is -3.76. The summed E-state index contributed by atoms with van der Waals surface area (Å²) in [4.78, 5) is 10.7. The molecule has 21 heavy (non-hydrogen) atoms. The zero-order chi connectivity index (χ0) is 15.6. The molecule has 0 aliphatic rings. The normalized spacial score (nSPS) is 11.1. The van der Waals surface area contributed by atoms with Crippen molar-refractivity contribution in [3.63, 3.8) is 0 Å². The highest BCUT2D eigenvalue weighted by Gasteiger charge is 2.15. The first-order chi connectivity index (χ1) is 9.79. The van der Waals surface area contributed by atoms with Crippen molar-refractivity contribution in [2.24, 2.45) is 0 Å². The Balaban J connectivity index is 2.29. The summed E-state index contributed by atoms with van der Waals surface area (Å²) in [5.41, 5.74) is 0.424. The van der Waals surface area contributed by atoms with Gasteiger partial charge in [0, 0.05) is 8.95 Å². The zero-order valence-corrected chi connectivity index (χ0v) is 14.4. The molecule has 0 aromatic heterocycles. The van der Waals surface area contributed by atoms with Crippen LogP contribution in [0.15, 0.2) is 56.3 Å². The van der Waals surface area contributed by atoms with Crippen molar-refractivity contribution >= 4 is 53.5 Å². The average Bonchev–Trinajstić information content (AvgIpc) is 2.43. The number of hydrogen-bond acceptors (Lipinski definition) is 3. The summed E-state index contributed by atoms with van der Waals surface area (Å²) < 4.78 is 28.3. The smallest absolute Gasteiger partial charge is 0.335 e. The van der Waals surface area contributed by atoms with Gasteiger partial charge in [-0.15, -0.1) is 0 Å². The van der Waals surface area contributed by atoms with Gasteiger partial charge in [0.2, 0.25) is 0 Å². The average molecular weight is 435 g/mol. The molecule has 0 unspecified atom stereocenters. The molecule has 0 aliphatic heterocycles. The van der Waals surface area contributed by atoms with Crippen LogP contribution in [0.2, 0.25) is 0 Å². The second-order valence-corrected chi connectivity index (χ2v) is 7.45. The maximum atomic E-state index is 12.2. The first kappa shape index (κ1) is 16.0. The lowest BCUT2D eigenvalue weighted by molar-refractivity contribution is 0.0697. The largest absolute Gasteiger partial charge is 0.478 e. The molecule has 2 rings (SSSR count). The van der Waals surface area contributed by atoms with E-state index < -0.39 is 16.0 Å². The molecule has 0 aliphatic carbocycles. The van der Waals surface area contributed by atoms with Crippen molar-refractivity contribution in [1.82, 2.24) is 0 Å². The maximum absolute atomic E-state index is 12.2. The maximum Gasteiger partial charge on any atom is 0.335 e. The van der Waals surface area contributed by atoms with Crippen LogP contribution >= 0.6 is 31.9 Å². The Kier molecular flexibility index (Phi) is 4.70. The molecule has 0 atom stereocenters. The van der Waals surface area contributed by atoms with E-state index in [4.69, 9.17) is 5.11 Å². The third kappa shape index (κ3) is 3.84. The molecule has 2 N–H and O–H groups in total. The summed E-state index contributed by atoms with van der Waals surface area (Å²) in [6.07, 6.45) is 0. The van der Waals surface area contributed by atoms with Gasteiger partial charge in [0.05, 0.1) is 16.1 Å². The van der Waals surface area contributed by atoms with Crippen LogP contribution < -0.4 is 4.72 Å². The van der Waals surface area contributed by atoms with Crippen molar-refractivity contribution in [2.75, 3.05) is 4.72 Å². The zero-order valence-electron chi connectivity index (χ0n) is 10.4. The van der Waals surface area contributed by atoms with Crippen molar-refractivity contribution in [3.8, 4) is 0 Å². The fourth-order valence-electron chi connectivity index (χ4n) is 1.55. The molecule has 0 fully saturated rings. The van der Waals surface area contributed by atoms with Gasteiger partial charge in [-0.1, -0.05) is 0 Å². The minimum atomic E-state index is -3.76. The van der Waals surface area contributed by atoms with Crippen LogP contribution in [-0.4, -0.2) is 19.5 Å². The van der Waals surface area contributed by atoms with Gasteiger partial charge in [-0.25, -0.2) is 13.2 Å². The molecule has 0 saturated heterocycles. The van der Waals surface area contributed by atoms with Crippen LogP contribution in [0.3, 0.4) is 0 Å². The number of carboxylic acid groups (broad SMARTS) is 1. The van der Waals surface area contributed by atoms with Gasteiger partial charge in [0.1, 0.15) is 0 Å². The first-order valence-electron chi connectivity index (χ1n) is 5.61. The van der Waals surface area contributed by atoms with Gasteiger partial charge in [0.25, 0.3) is 10.0 Å². The predicted octanol–water partition coefficient (Wildman–Crippen LogP) is 3.71. The quantitative estimate of drug-likeness (QED) is 0.768. The highest BCUT2D eigenvalue weighted by atomic mass is 79.9. The van der Waals surface area contributed by atoms with Crippen LogP contribution in [-0.2, 0) is 10.0 Å². The molecule has 8 heteroatoms. The topological polar surface area (TPSA) is 83.5 Å². The van der Waals surface area contributed by atoms with Crippen LogP contribution in [0.1, 0.15) is 10.4 Å². The third-order valence-corrected chi connectivity index (χ3v) is 5.86. The fourth-order valence-corrected chi connectivity index (χ4v) is 3.23. The lowest BCUT2D eigenvalue weighted by atomic mass is 10.2. The molecule has 0 bridgehead atoms. The van der Waals surface area contributed by atoms with Gasteiger partial charge >= 0.3 is 5.97 Å². The standard InChI is InChI=1S/C13H9Br2NO4S/c14-11-6-3-9(7-12(11)15)16-21(19,20)10-4-1-8(2-5-10)13(17)18/h1-7,16H,(H,17,18). The van der Waals surface area contributed by atoms with E-state index in [1.165, 1.54) is 24.3 Å². The summed E-state index contributed by atoms with van der Waals surface area (Å²) in [6, 6.07) is 9.92. The number of carboxylic acids is 1. The first-order valence-corrected chi connectivity index (χ1v) is 8.68. The number of hydrogen-bond donors (Lipinski definition) is 2.